The molecule has 4 aliphatic rings. The first-order valence-corrected chi connectivity index (χ1v) is 13.7. The Hall–Kier alpha value is -0.910. The number of rotatable bonds is 7. The van der Waals surface area contributed by atoms with E-state index in [-0.39, 0.29) is 29.1 Å². The Balaban J connectivity index is 1.63. The van der Waals surface area contributed by atoms with E-state index in [0.29, 0.717) is 18.9 Å². The first kappa shape index (κ1) is 26.2. The van der Waals surface area contributed by atoms with Gasteiger partial charge in [0.1, 0.15) is 11.2 Å². The number of aliphatic hydroxyl groups excluding tert-OH is 1. The zero-order valence-corrected chi connectivity index (χ0v) is 22.6. The lowest BCUT2D eigenvalue weighted by atomic mass is 9.51. The van der Waals surface area contributed by atoms with Crippen molar-refractivity contribution in [2.45, 2.75) is 129 Å². The van der Waals surface area contributed by atoms with E-state index in [1.165, 1.54) is 43.8 Å². The lowest BCUT2D eigenvalue weighted by molar-refractivity contribution is -0.181. The van der Waals surface area contributed by atoms with Crippen LogP contribution in [0.4, 0.5) is 0 Å². The third-order valence-electron chi connectivity index (χ3n) is 10.8. The van der Waals surface area contributed by atoms with Crippen LogP contribution in [0.25, 0.3) is 0 Å². The standard InChI is InChI=1S/C29H48O5/c1-18(13-15-28(17-33-28)26(5,6)32)19(2)29(34-21(4)30)16-24(31)25-23(20(29)3)12-11-22-10-8-9-14-27(22,25)7/h18-20,22,24,31-32H,8-17H2,1-7H3/t18-,19?,20?,22?,24-,27-,28?,29-/m0/s1. The highest BCUT2D eigenvalue weighted by Crippen LogP contribution is 2.60. The number of aliphatic hydroxyl groups is 2. The average Bonchev–Trinajstić information content (AvgIpc) is 3.55. The molecule has 1 heterocycles. The van der Waals surface area contributed by atoms with Gasteiger partial charge in [0.2, 0.25) is 0 Å². The SMILES string of the molecule is CC(=O)O[C@]1(C(C)[C@@H](C)CCC2(C(C)(C)O)CO2)C[C@H](O)C2=C(CCC3CCCC[C@]23C)C1C. The van der Waals surface area contributed by atoms with Crippen molar-refractivity contribution in [1.29, 1.82) is 0 Å². The van der Waals surface area contributed by atoms with Crippen molar-refractivity contribution in [2.75, 3.05) is 6.61 Å². The van der Waals surface area contributed by atoms with E-state index in [0.717, 1.165) is 25.7 Å². The van der Waals surface area contributed by atoms with E-state index in [9.17, 15) is 15.0 Å². The van der Waals surface area contributed by atoms with E-state index in [4.69, 9.17) is 9.47 Å². The molecule has 2 N–H and O–H groups in total. The van der Waals surface area contributed by atoms with Crippen molar-refractivity contribution in [2.24, 2.45) is 29.1 Å². The largest absolute Gasteiger partial charge is 0.458 e. The summed E-state index contributed by atoms with van der Waals surface area (Å²) in [5.41, 5.74) is 0.680. The molecule has 0 aromatic carbocycles. The minimum atomic E-state index is -0.869. The molecule has 0 aromatic rings. The normalized spacial score (nSPS) is 41.9. The fourth-order valence-electron chi connectivity index (χ4n) is 8.13. The molecule has 34 heavy (non-hydrogen) atoms. The van der Waals surface area contributed by atoms with Crippen LogP contribution >= 0.6 is 0 Å². The van der Waals surface area contributed by atoms with Gasteiger partial charge in [0.15, 0.2) is 0 Å². The Morgan fingerprint density at radius 3 is 2.53 bits per heavy atom. The number of hydrogen-bond acceptors (Lipinski definition) is 5. The van der Waals surface area contributed by atoms with Crippen LogP contribution in [0.15, 0.2) is 11.1 Å². The Bertz CT molecular complexity index is 821. The molecule has 0 amide bonds. The highest BCUT2D eigenvalue weighted by molar-refractivity contribution is 5.67. The Morgan fingerprint density at radius 2 is 1.94 bits per heavy atom. The molecule has 3 aliphatic carbocycles. The van der Waals surface area contributed by atoms with Gasteiger partial charge in [-0.2, -0.15) is 0 Å². The fourth-order valence-corrected chi connectivity index (χ4v) is 8.13. The lowest BCUT2D eigenvalue weighted by Crippen LogP contribution is -2.57. The van der Waals surface area contributed by atoms with Gasteiger partial charge >= 0.3 is 5.97 Å². The van der Waals surface area contributed by atoms with Gasteiger partial charge in [-0.05, 0) is 81.1 Å². The Morgan fingerprint density at radius 1 is 1.26 bits per heavy atom. The first-order chi connectivity index (χ1) is 15.8. The van der Waals surface area contributed by atoms with Crippen LogP contribution in [0.5, 0.6) is 0 Å². The van der Waals surface area contributed by atoms with Crippen LogP contribution in [-0.2, 0) is 14.3 Å². The molecule has 5 nitrogen and oxygen atoms in total. The topological polar surface area (TPSA) is 79.3 Å². The summed E-state index contributed by atoms with van der Waals surface area (Å²) in [6.45, 7) is 14.8. The fraction of sp³-hybridized carbons (Fsp3) is 0.897. The van der Waals surface area contributed by atoms with Crippen molar-refractivity contribution in [3.63, 3.8) is 0 Å². The second-order valence-electron chi connectivity index (χ2n) is 13.0. The molecule has 4 rings (SSSR count). The zero-order valence-electron chi connectivity index (χ0n) is 22.6. The van der Waals surface area contributed by atoms with E-state index >= 15 is 0 Å². The molecule has 0 radical (unpaired) electrons. The van der Waals surface area contributed by atoms with E-state index < -0.39 is 22.9 Å². The lowest BCUT2D eigenvalue weighted by Gasteiger charge is -2.57. The molecule has 0 aromatic heterocycles. The monoisotopic (exact) mass is 476 g/mol. The highest BCUT2D eigenvalue weighted by Gasteiger charge is 2.59. The van der Waals surface area contributed by atoms with Crippen LogP contribution < -0.4 is 0 Å². The second-order valence-corrected chi connectivity index (χ2v) is 13.0. The molecule has 0 spiro atoms. The Labute approximate surface area is 206 Å². The summed E-state index contributed by atoms with van der Waals surface area (Å²) in [5.74, 6) is 0.812. The summed E-state index contributed by atoms with van der Waals surface area (Å²) in [5, 5.41) is 22.2. The summed E-state index contributed by atoms with van der Waals surface area (Å²) < 4.78 is 12.0. The highest BCUT2D eigenvalue weighted by atomic mass is 16.6. The van der Waals surface area contributed by atoms with Crippen LogP contribution in [0, 0.1) is 29.1 Å². The van der Waals surface area contributed by atoms with Gasteiger partial charge in [-0.25, -0.2) is 0 Å². The van der Waals surface area contributed by atoms with E-state index in [1.807, 2.05) is 13.8 Å². The first-order valence-electron chi connectivity index (χ1n) is 13.7. The van der Waals surface area contributed by atoms with Gasteiger partial charge in [0.25, 0.3) is 0 Å². The predicted octanol–water partition coefficient (Wildman–Crippen LogP) is 5.57. The van der Waals surface area contributed by atoms with Gasteiger partial charge in [0.05, 0.1) is 18.3 Å². The van der Waals surface area contributed by atoms with Gasteiger partial charge in [0, 0.05) is 19.3 Å². The second kappa shape index (κ2) is 8.88. The third-order valence-corrected chi connectivity index (χ3v) is 10.8. The van der Waals surface area contributed by atoms with Crippen LogP contribution in [0.3, 0.4) is 0 Å². The summed E-state index contributed by atoms with van der Waals surface area (Å²) in [4.78, 5) is 12.4. The average molecular weight is 477 g/mol. The van der Waals surface area contributed by atoms with Crippen LogP contribution in [-0.4, -0.2) is 45.7 Å². The molecule has 1 saturated heterocycles. The van der Waals surface area contributed by atoms with Crippen molar-refractivity contribution in [1.82, 2.24) is 0 Å². The molecule has 194 valence electrons. The number of epoxide rings is 1. The number of fused-ring (bicyclic) bond motifs is 2. The number of hydrogen-bond donors (Lipinski definition) is 2. The quantitative estimate of drug-likeness (QED) is 0.285. The van der Waals surface area contributed by atoms with Crippen molar-refractivity contribution < 1.29 is 24.5 Å². The molecular weight excluding hydrogens is 428 g/mol. The Kier molecular flexibility index (Phi) is 6.84. The summed E-state index contributed by atoms with van der Waals surface area (Å²) in [7, 11) is 0. The molecule has 2 fully saturated rings. The van der Waals surface area contributed by atoms with Crippen molar-refractivity contribution >= 4 is 5.97 Å². The minimum absolute atomic E-state index is 0.0737. The van der Waals surface area contributed by atoms with E-state index in [2.05, 4.69) is 27.7 Å². The number of carbonyl (C=O) groups is 1. The maximum Gasteiger partial charge on any atom is 0.303 e. The minimum Gasteiger partial charge on any atom is -0.458 e. The maximum atomic E-state index is 12.4. The van der Waals surface area contributed by atoms with Crippen LogP contribution in [0.1, 0.15) is 106 Å². The summed E-state index contributed by atoms with van der Waals surface area (Å²) in [6, 6.07) is 0. The zero-order chi connectivity index (χ0) is 25.1. The molecule has 1 aliphatic heterocycles. The van der Waals surface area contributed by atoms with Crippen molar-refractivity contribution in [3.05, 3.63) is 11.1 Å². The van der Waals surface area contributed by atoms with Gasteiger partial charge in [-0.15, -0.1) is 0 Å². The number of carbonyl (C=O) groups excluding carboxylic acids is 1. The molecule has 1 saturated carbocycles. The van der Waals surface area contributed by atoms with Crippen LogP contribution in [0.2, 0.25) is 0 Å². The molecule has 5 heteroatoms. The summed E-state index contributed by atoms with van der Waals surface area (Å²) >= 11 is 0. The molecule has 4 unspecified atom stereocenters. The molecule has 0 bridgehead atoms. The van der Waals surface area contributed by atoms with Gasteiger partial charge in [-0.1, -0.05) is 46.1 Å². The number of esters is 1. The molecular formula is C29H48O5. The molecule has 8 atom stereocenters. The maximum absolute atomic E-state index is 12.4. The van der Waals surface area contributed by atoms with E-state index in [1.54, 1.807) is 0 Å². The van der Waals surface area contributed by atoms with Gasteiger partial charge < -0.3 is 19.7 Å². The number of ether oxygens (including phenoxy) is 2. The third kappa shape index (κ3) is 4.18. The predicted molar refractivity (Wildman–Crippen MR) is 133 cm³/mol. The summed E-state index contributed by atoms with van der Waals surface area (Å²) in [6.07, 6.45) is 8.73. The smallest absolute Gasteiger partial charge is 0.303 e. The van der Waals surface area contributed by atoms with Crippen molar-refractivity contribution in [3.8, 4) is 0 Å². The van der Waals surface area contributed by atoms with Gasteiger partial charge in [-0.3, -0.25) is 4.79 Å².